The minimum atomic E-state index is -3.70. The molecular weight excluding hydrogens is 459 g/mol. The Labute approximate surface area is 201 Å². The lowest BCUT2D eigenvalue weighted by Gasteiger charge is -2.28. The number of hydrogen-bond donors (Lipinski definition) is 2. The van der Waals surface area contributed by atoms with Gasteiger partial charge < -0.3 is 20.3 Å². The summed E-state index contributed by atoms with van der Waals surface area (Å²) in [4.78, 5) is 15.0. The topological polar surface area (TPSA) is 91.0 Å². The Morgan fingerprint density at radius 2 is 1.76 bits per heavy atom. The summed E-state index contributed by atoms with van der Waals surface area (Å²) in [5, 5.41) is 6.00. The van der Waals surface area contributed by atoms with E-state index in [1.165, 1.54) is 22.5 Å². The molecule has 1 aliphatic rings. The molecule has 10 heteroatoms. The number of hydrogen-bond acceptors (Lipinski definition) is 6. The Bertz CT molecular complexity index is 1070. The van der Waals surface area contributed by atoms with Crippen LogP contribution >= 0.6 is 0 Å². The summed E-state index contributed by atoms with van der Waals surface area (Å²) in [7, 11) is -3.70. The van der Waals surface area contributed by atoms with E-state index in [0.717, 1.165) is 11.3 Å². The molecule has 8 nitrogen and oxygen atoms in total. The van der Waals surface area contributed by atoms with Gasteiger partial charge in [0.2, 0.25) is 15.9 Å². The number of carbonyl (C=O) groups excluding carboxylic acids is 1. The van der Waals surface area contributed by atoms with Crippen LogP contribution in [0.4, 0.5) is 15.8 Å². The third-order valence-electron chi connectivity index (χ3n) is 5.89. The van der Waals surface area contributed by atoms with E-state index < -0.39 is 10.0 Å². The van der Waals surface area contributed by atoms with Crippen LogP contribution in [0.1, 0.15) is 32.4 Å². The van der Waals surface area contributed by atoms with Crippen LogP contribution in [0.3, 0.4) is 0 Å². The Morgan fingerprint density at radius 1 is 1.12 bits per heavy atom. The van der Waals surface area contributed by atoms with Crippen molar-refractivity contribution in [3.8, 4) is 0 Å². The smallest absolute Gasteiger partial charge is 0.243 e. The van der Waals surface area contributed by atoms with E-state index in [4.69, 9.17) is 4.74 Å². The highest BCUT2D eigenvalue weighted by Crippen LogP contribution is 2.30. The molecular formula is C24H33FN4O4S. The lowest BCUT2D eigenvalue weighted by atomic mass is 10.1. The lowest BCUT2D eigenvalue weighted by Crippen LogP contribution is -2.40. The van der Waals surface area contributed by atoms with Gasteiger partial charge in [-0.25, -0.2) is 12.8 Å². The number of carbonyl (C=O) groups is 1. The second-order valence-corrected chi connectivity index (χ2v) is 10.0. The lowest BCUT2D eigenvalue weighted by molar-refractivity contribution is -0.115. The number of sulfonamides is 1. The second kappa shape index (κ2) is 11.7. The van der Waals surface area contributed by atoms with Crippen LogP contribution < -0.4 is 15.5 Å². The minimum absolute atomic E-state index is 0.0106. The van der Waals surface area contributed by atoms with Crippen molar-refractivity contribution < 1.29 is 22.3 Å². The molecule has 1 saturated heterocycles. The average molecular weight is 493 g/mol. The van der Waals surface area contributed by atoms with E-state index in [1.807, 2.05) is 20.8 Å². The van der Waals surface area contributed by atoms with Crippen LogP contribution in [-0.4, -0.2) is 64.6 Å². The number of amides is 1. The highest BCUT2D eigenvalue weighted by atomic mass is 32.2. The Hall–Kier alpha value is -2.53. The monoisotopic (exact) mass is 492 g/mol. The van der Waals surface area contributed by atoms with Gasteiger partial charge in [-0.15, -0.1) is 0 Å². The van der Waals surface area contributed by atoms with Crippen molar-refractivity contribution in [3.63, 3.8) is 0 Å². The van der Waals surface area contributed by atoms with Gasteiger partial charge in [0.15, 0.2) is 0 Å². The van der Waals surface area contributed by atoms with E-state index in [2.05, 4.69) is 15.5 Å². The number of halogens is 1. The molecule has 0 aliphatic carbocycles. The fourth-order valence-electron chi connectivity index (χ4n) is 3.86. The predicted octanol–water partition coefficient (Wildman–Crippen LogP) is 2.98. The van der Waals surface area contributed by atoms with Gasteiger partial charge in [0, 0.05) is 32.2 Å². The van der Waals surface area contributed by atoms with Crippen molar-refractivity contribution in [3.05, 3.63) is 53.8 Å². The molecule has 3 rings (SSSR count). The number of benzene rings is 2. The van der Waals surface area contributed by atoms with Gasteiger partial charge in [-0.05, 0) is 56.7 Å². The van der Waals surface area contributed by atoms with E-state index >= 15 is 0 Å². The number of anilines is 2. The molecule has 1 heterocycles. The van der Waals surface area contributed by atoms with Crippen LogP contribution in [0.5, 0.6) is 0 Å². The summed E-state index contributed by atoms with van der Waals surface area (Å²) >= 11 is 0. The quantitative estimate of drug-likeness (QED) is 0.530. The number of ether oxygens (including phenoxy) is 1. The maximum absolute atomic E-state index is 13.2. The van der Waals surface area contributed by atoms with E-state index in [9.17, 15) is 17.6 Å². The van der Waals surface area contributed by atoms with Crippen LogP contribution in [0.15, 0.2) is 47.4 Å². The summed E-state index contributed by atoms with van der Waals surface area (Å²) in [5.41, 5.74) is 2.06. The normalized spacial score (nSPS) is 15.6. The Morgan fingerprint density at radius 3 is 2.38 bits per heavy atom. The molecule has 1 amide bonds. The molecule has 2 N–H and O–H groups in total. The summed E-state index contributed by atoms with van der Waals surface area (Å²) in [5.74, 6) is -0.618. The summed E-state index contributed by atoms with van der Waals surface area (Å²) < 4.78 is 46.1. The Balaban J connectivity index is 1.78. The first kappa shape index (κ1) is 26.1. The highest BCUT2D eigenvalue weighted by molar-refractivity contribution is 7.89. The fourth-order valence-corrected chi connectivity index (χ4v) is 5.30. The third-order valence-corrected chi connectivity index (χ3v) is 7.79. The van der Waals surface area contributed by atoms with E-state index in [0.29, 0.717) is 45.1 Å². The minimum Gasteiger partial charge on any atom is -0.379 e. The van der Waals surface area contributed by atoms with Gasteiger partial charge in [0.25, 0.3) is 0 Å². The SMILES string of the molecule is CCN(CC)c1ccc(S(=O)(=O)N2CCOCC2)cc1NC(=O)CN[C@@H](C)c1ccc(F)cc1. The van der Waals surface area contributed by atoms with Crippen LogP contribution in [0, 0.1) is 5.82 Å². The van der Waals surface area contributed by atoms with Crippen molar-refractivity contribution in [2.45, 2.75) is 31.7 Å². The molecule has 0 unspecified atom stereocenters. The molecule has 34 heavy (non-hydrogen) atoms. The maximum Gasteiger partial charge on any atom is 0.243 e. The third kappa shape index (κ3) is 6.32. The zero-order valence-corrected chi connectivity index (χ0v) is 20.7. The molecule has 186 valence electrons. The van der Waals surface area contributed by atoms with Crippen LogP contribution in [0.2, 0.25) is 0 Å². The summed E-state index contributed by atoms with van der Waals surface area (Å²) in [6.07, 6.45) is 0. The van der Waals surface area contributed by atoms with Gasteiger partial charge >= 0.3 is 0 Å². The number of nitrogens with one attached hydrogen (secondary N) is 2. The number of nitrogens with zero attached hydrogens (tertiary/aromatic N) is 2. The first-order valence-corrected chi connectivity index (χ1v) is 13.0. The van der Waals surface area contributed by atoms with E-state index in [1.54, 1.807) is 24.3 Å². The summed E-state index contributed by atoms with van der Waals surface area (Å²) in [6, 6.07) is 10.8. The molecule has 0 radical (unpaired) electrons. The molecule has 2 aromatic rings. The first-order chi connectivity index (χ1) is 16.3. The van der Waals surface area contributed by atoms with Gasteiger partial charge in [0.05, 0.1) is 36.0 Å². The molecule has 1 aliphatic heterocycles. The largest absolute Gasteiger partial charge is 0.379 e. The van der Waals surface area contributed by atoms with Crippen LogP contribution in [0.25, 0.3) is 0 Å². The molecule has 1 atom stereocenters. The van der Waals surface area contributed by atoms with Gasteiger partial charge in [-0.3, -0.25) is 4.79 Å². The fraction of sp³-hybridized carbons (Fsp3) is 0.458. The van der Waals surface area contributed by atoms with Gasteiger partial charge in [-0.2, -0.15) is 4.31 Å². The van der Waals surface area contributed by atoms with Gasteiger partial charge in [-0.1, -0.05) is 12.1 Å². The highest BCUT2D eigenvalue weighted by Gasteiger charge is 2.27. The van der Waals surface area contributed by atoms with Gasteiger partial charge in [0.1, 0.15) is 5.82 Å². The van der Waals surface area contributed by atoms with Crippen molar-refractivity contribution in [2.24, 2.45) is 0 Å². The van der Waals surface area contributed by atoms with Crippen molar-refractivity contribution in [1.29, 1.82) is 0 Å². The predicted molar refractivity (Wildman–Crippen MR) is 131 cm³/mol. The standard InChI is InChI=1S/C24H33FN4O4S/c1-4-28(5-2)23-11-10-21(34(31,32)29-12-14-33-15-13-29)16-22(23)27-24(30)17-26-18(3)19-6-8-20(25)9-7-19/h6-11,16,18,26H,4-5,12-15,17H2,1-3H3,(H,27,30)/t18-/m0/s1. The molecule has 1 fully saturated rings. The molecule has 0 saturated carbocycles. The summed E-state index contributed by atoms with van der Waals surface area (Å²) in [6.45, 7) is 8.62. The molecule has 0 spiro atoms. The zero-order valence-electron chi connectivity index (χ0n) is 19.9. The maximum atomic E-state index is 13.2. The zero-order chi connectivity index (χ0) is 24.7. The Kier molecular flexibility index (Phi) is 9.01. The number of rotatable bonds is 10. The second-order valence-electron chi connectivity index (χ2n) is 8.07. The van der Waals surface area contributed by atoms with Crippen molar-refractivity contribution >= 4 is 27.3 Å². The molecule has 2 aromatic carbocycles. The number of morpholine rings is 1. The van der Waals surface area contributed by atoms with Crippen molar-refractivity contribution in [2.75, 3.05) is 56.2 Å². The average Bonchev–Trinajstić information content (AvgIpc) is 2.85. The van der Waals surface area contributed by atoms with Crippen molar-refractivity contribution in [1.82, 2.24) is 9.62 Å². The van der Waals surface area contributed by atoms with Crippen LogP contribution in [-0.2, 0) is 19.6 Å². The first-order valence-electron chi connectivity index (χ1n) is 11.5. The molecule has 0 bridgehead atoms. The molecule has 0 aromatic heterocycles. The van der Waals surface area contributed by atoms with E-state index in [-0.39, 0.29) is 29.2 Å².